The van der Waals surface area contributed by atoms with Gasteiger partial charge in [-0.3, -0.25) is 4.79 Å². The number of hydrogen-bond donors (Lipinski definition) is 4. The first-order valence-electron chi connectivity index (χ1n) is 6.52. The minimum Gasteiger partial charge on any atom is -0.409 e. The number of amidine groups is 1. The zero-order valence-electron chi connectivity index (χ0n) is 12.1. The number of anilines is 1. The van der Waals surface area contributed by atoms with Crippen LogP contribution in [0.3, 0.4) is 0 Å². The number of amides is 1. The molecule has 0 bridgehead atoms. The zero-order chi connectivity index (χ0) is 15.1. The smallest absolute Gasteiger partial charge is 0.221 e. The van der Waals surface area contributed by atoms with Crippen molar-refractivity contribution in [3.05, 3.63) is 29.8 Å². The second-order valence-electron chi connectivity index (χ2n) is 4.86. The van der Waals surface area contributed by atoms with Crippen molar-refractivity contribution in [1.29, 1.82) is 0 Å². The van der Waals surface area contributed by atoms with E-state index in [9.17, 15) is 4.79 Å². The molecule has 110 valence electrons. The van der Waals surface area contributed by atoms with E-state index in [0.29, 0.717) is 6.54 Å². The van der Waals surface area contributed by atoms with Crippen molar-refractivity contribution in [2.45, 2.75) is 26.8 Å². The summed E-state index contributed by atoms with van der Waals surface area (Å²) in [6.07, 6.45) is 0. The van der Waals surface area contributed by atoms with Crippen LogP contribution in [-0.4, -0.2) is 23.5 Å². The highest BCUT2D eigenvalue weighted by molar-refractivity contribution is 5.88. The van der Waals surface area contributed by atoms with Crippen LogP contribution in [0.25, 0.3) is 0 Å². The summed E-state index contributed by atoms with van der Waals surface area (Å²) < 4.78 is 0. The highest BCUT2D eigenvalue weighted by atomic mass is 16.4. The lowest BCUT2D eigenvalue weighted by molar-refractivity contribution is -0.114. The third-order valence-electron chi connectivity index (χ3n) is 3.06. The maximum Gasteiger partial charge on any atom is 0.221 e. The van der Waals surface area contributed by atoms with Crippen molar-refractivity contribution in [1.82, 2.24) is 5.32 Å². The Morgan fingerprint density at radius 3 is 2.75 bits per heavy atom. The van der Waals surface area contributed by atoms with E-state index in [1.807, 2.05) is 38.1 Å². The maximum atomic E-state index is 11.0. The Hall–Kier alpha value is -2.08. The van der Waals surface area contributed by atoms with Crippen molar-refractivity contribution in [3.63, 3.8) is 0 Å². The van der Waals surface area contributed by atoms with E-state index >= 15 is 0 Å². The van der Waals surface area contributed by atoms with Crippen LogP contribution in [0.5, 0.6) is 0 Å². The minimum absolute atomic E-state index is 0.0547. The van der Waals surface area contributed by atoms with Crippen LogP contribution in [0.1, 0.15) is 32.4 Å². The van der Waals surface area contributed by atoms with Gasteiger partial charge >= 0.3 is 0 Å². The maximum absolute atomic E-state index is 11.0. The number of hydrogen-bond acceptors (Lipinski definition) is 4. The molecule has 5 N–H and O–H groups in total. The number of carbonyl (C=O) groups is 1. The van der Waals surface area contributed by atoms with Crippen molar-refractivity contribution in [3.8, 4) is 0 Å². The van der Waals surface area contributed by atoms with Crippen LogP contribution in [0.15, 0.2) is 29.4 Å². The molecule has 0 radical (unpaired) electrons. The van der Waals surface area contributed by atoms with Crippen molar-refractivity contribution in [2.24, 2.45) is 16.8 Å². The average molecular weight is 278 g/mol. The SMILES string of the molecule is CC(=O)Nc1cccc(C(C)NCC(C)C(N)=NO)c1. The van der Waals surface area contributed by atoms with Gasteiger partial charge in [-0.2, -0.15) is 0 Å². The highest BCUT2D eigenvalue weighted by Crippen LogP contribution is 2.17. The first kappa shape index (κ1) is 16.0. The van der Waals surface area contributed by atoms with E-state index in [-0.39, 0.29) is 23.7 Å². The Balaban J connectivity index is 2.63. The molecule has 2 unspecified atom stereocenters. The molecule has 0 aliphatic heterocycles. The van der Waals surface area contributed by atoms with E-state index in [1.165, 1.54) is 6.92 Å². The predicted molar refractivity (Wildman–Crippen MR) is 79.7 cm³/mol. The minimum atomic E-state index is -0.0942. The Morgan fingerprint density at radius 2 is 2.15 bits per heavy atom. The Labute approximate surface area is 119 Å². The molecule has 0 aliphatic carbocycles. The normalized spacial score (nSPS) is 14.7. The van der Waals surface area contributed by atoms with Gasteiger partial charge in [0.05, 0.1) is 0 Å². The number of nitrogens with zero attached hydrogens (tertiary/aromatic N) is 1. The molecule has 6 heteroatoms. The number of rotatable bonds is 6. The van der Waals surface area contributed by atoms with E-state index in [4.69, 9.17) is 10.9 Å². The van der Waals surface area contributed by atoms with Gasteiger partial charge in [-0.1, -0.05) is 24.2 Å². The number of oxime groups is 1. The van der Waals surface area contributed by atoms with Gasteiger partial charge in [0.15, 0.2) is 0 Å². The van der Waals surface area contributed by atoms with Gasteiger partial charge in [0.1, 0.15) is 5.84 Å². The average Bonchev–Trinajstić information content (AvgIpc) is 2.43. The highest BCUT2D eigenvalue weighted by Gasteiger charge is 2.11. The molecule has 0 saturated heterocycles. The number of carbonyl (C=O) groups excluding carboxylic acids is 1. The van der Waals surface area contributed by atoms with Gasteiger partial charge < -0.3 is 21.6 Å². The van der Waals surface area contributed by atoms with Gasteiger partial charge in [0.2, 0.25) is 5.91 Å². The van der Waals surface area contributed by atoms with E-state index in [1.54, 1.807) is 0 Å². The van der Waals surface area contributed by atoms with Crippen LogP contribution >= 0.6 is 0 Å². The predicted octanol–water partition coefficient (Wildman–Crippen LogP) is 1.68. The Bertz CT molecular complexity index is 488. The summed E-state index contributed by atoms with van der Waals surface area (Å²) >= 11 is 0. The first-order chi connectivity index (χ1) is 9.43. The van der Waals surface area contributed by atoms with Crippen molar-refractivity contribution in [2.75, 3.05) is 11.9 Å². The lowest BCUT2D eigenvalue weighted by Crippen LogP contribution is -2.32. The molecule has 6 nitrogen and oxygen atoms in total. The zero-order valence-corrected chi connectivity index (χ0v) is 12.1. The summed E-state index contributed by atoms with van der Waals surface area (Å²) in [5, 5.41) is 17.7. The van der Waals surface area contributed by atoms with Gasteiger partial charge in [0.25, 0.3) is 0 Å². The molecular weight excluding hydrogens is 256 g/mol. The standard InChI is InChI=1S/C14H22N4O2/c1-9(14(15)18-20)8-16-10(2)12-5-4-6-13(7-12)17-11(3)19/h4-7,9-10,16,20H,8H2,1-3H3,(H2,15,18)(H,17,19). The fourth-order valence-corrected chi connectivity index (χ4v) is 1.76. The summed E-state index contributed by atoms with van der Waals surface area (Å²) in [6.45, 7) is 5.98. The second-order valence-corrected chi connectivity index (χ2v) is 4.86. The molecule has 20 heavy (non-hydrogen) atoms. The van der Waals surface area contributed by atoms with Crippen molar-refractivity contribution >= 4 is 17.4 Å². The summed E-state index contributed by atoms with van der Waals surface area (Å²) in [7, 11) is 0. The van der Waals surface area contributed by atoms with Gasteiger partial charge in [0, 0.05) is 31.1 Å². The third kappa shape index (κ3) is 4.89. The Kier molecular flexibility index (Phi) is 5.99. The second kappa shape index (κ2) is 7.49. The molecule has 0 spiro atoms. The van der Waals surface area contributed by atoms with Crippen LogP contribution in [0.4, 0.5) is 5.69 Å². The summed E-state index contributed by atoms with van der Waals surface area (Å²) in [6, 6.07) is 7.74. The lowest BCUT2D eigenvalue weighted by atomic mass is 10.1. The van der Waals surface area contributed by atoms with Crippen LogP contribution in [-0.2, 0) is 4.79 Å². The number of benzene rings is 1. The summed E-state index contributed by atoms with van der Waals surface area (Å²) in [4.78, 5) is 11.0. The fourth-order valence-electron chi connectivity index (χ4n) is 1.76. The van der Waals surface area contributed by atoms with Gasteiger partial charge in [-0.05, 0) is 24.6 Å². The molecule has 1 aromatic rings. The molecular formula is C14H22N4O2. The van der Waals surface area contributed by atoms with E-state index in [2.05, 4.69) is 15.8 Å². The van der Waals surface area contributed by atoms with Gasteiger partial charge in [-0.25, -0.2) is 0 Å². The lowest BCUT2D eigenvalue weighted by Gasteiger charge is -2.18. The topological polar surface area (TPSA) is 99.7 Å². The molecule has 2 atom stereocenters. The quantitative estimate of drug-likeness (QED) is 0.275. The summed E-state index contributed by atoms with van der Waals surface area (Å²) in [5.74, 6) is 0.0565. The fraction of sp³-hybridized carbons (Fsp3) is 0.429. The third-order valence-corrected chi connectivity index (χ3v) is 3.06. The molecule has 0 aromatic heterocycles. The van der Waals surface area contributed by atoms with Crippen LogP contribution in [0, 0.1) is 5.92 Å². The number of nitrogens with one attached hydrogen (secondary N) is 2. The largest absolute Gasteiger partial charge is 0.409 e. The molecule has 1 amide bonds. The van der Waals surface area contributed by atoms with Crippen molar-refractivity contribution < 1.29 is 10.0 Å². The first-order valence-corrected chi connectivity index (χ1v) is 6.52. The van der Waals surface area contributed by atoms with E-state index < -0.39 is 0 Å². The molecule has 1 aromatic carbocycles. The van der Waals surface area contributed by atoms with Crippen LogP contribution in [0.2, 0.25) is 0 Å². The molecule has 0 saturated carbocycles. The Morgan fingerprint density at radius 1 is 1.45 bits per heavy atom. The summed E-state index contributed by atoms with van der Waals surface area (Å²) in [5.41, 5.74) is 7.36. The molecule has 1 rings (SSSR count). The van der Waals surface area contributed by atoms with Gasteiger partial charge in [-0.15, -0.1) is 0 Å². The number of nitrogens with two attached hydrogens (primary N) is 1. The molecule has 0 heterocycles. The monoisotopic (exact) mass is 278 g/mol. The van der Waals surface area contributed by atoms with Crippen LogP contribution < -0.4 is 16.4 Å². The molecule has 0 aliphatic rings. The van der Waals surface area contributed by atoms with E-state index in [0.717, 1.165) is 11.3 Å². The molecule has 0 fully saturated rings.